The summed E-state index contributed by atoms with van der Waals surface area (Å²) < 4.78 is 33.8. The van der Waals surface area contributed by atoms with Crippen LogP contribution in [0.2, 0.25) is 5.02 Å². The number of sulfonamides is 1. The second-order valence-corrected chi connectivity index (χ2v) is 13.6. The fraction of sp³-hybridized carbons (Fsp3) is 0.500. The van der Waals surface area contributed by atoms with Crippen molar-refractivity contribution >= 4 is 33.2 Å². The number of hydrogen-bond donors (Lipinski definition) is 2. The van der Waals surface area contributed by atoms with Gasteiger partial charge in [-0.15, -0.1) is 0 Å². The van der Waals surface area contributed by atoms with E-state index in [4.69, 9.17) is 16.3 Å². The molecule has 1 fully saturated rings. The molecule has 0 aromatic heterocycles. The minimum Gasteiger partial charge on any atom is -0.487 e. The van der Waals surface area contributed by atoms with E-state index >= 15 is 0 Å². The normalized spacial score (nSPS) is 28.4. The van der Waals surface area contributed by atoms with E-state index in [0.29, 0.717) is 23.8 Å². The predicted molar refractivity (Wildman–Crippen MR) is 154 cm³/mol. The zero-order valence-electron chi connectivity index (χ0n) is 22.4. The quantitative estimate of drug-likeness (QED) is 0.419. The maximum Gasteiger partial charge on any atom is 0.264 e. The van der Waals surface area contributed by atoms with Gasteiger partial charge in [-0.3, -0.25) is 4.79 Å². The first-order valence-corrected chi connectivity index (χ1v) is 15.8. The second-order valence-electron chi connectivity index (χ2n) is 11.3. The van der Waals surface area contributed by atoms with Gasteiger partial charge in [-0.05, 0) is 97.7 Å². The molecule has 0 saturated heterocycles. The van der Waals surface area contributed by atoms with Crippen molar-refractivity contribution in [3.8, 4) is 5.75 Å². The van der Waals surface area contributed by atoms with Gasteiger partial charge in [-0.1, -0.05) is 36.7 Å². The molecule has 2 aliphatic heterocycles. The minimum absolute atomic E-state index is 0.200. The number of aryl methyl sites for hydroxylation is 1. The topological polar surface area (TPSA) is 95.9 Å². The van der Waals surface area contributed by atoms with Crippen molar-refractivity contribution in [3.63, 3.8) is 0 Å². The third kappa shape index (κ3) is 6.28. The molecule has 9 heteroatoms. The molecule has 39 heavy (non-hydrogen) atoms. The highest BCUT2D eigenvalue weighted by Crippen LogP contribution is 2.51. The van der Waals surface area contributed by atoms with E-state index in [-0.39, 0.29) is 29.1 Å². The largest absolute Gasteiger partial charge is 0.487 e. The van der Waals surface area contributed by atoms with Crippen LogP contribution in [-0.2, 0) is 23.1 Å². The Labute approximate surface area is 236 Å². The summed E-state index contributed by atoms with van der Waals surface area (Å²) in [4.78, 5) is 15.3. The van der Waals surface area contributed by atoms with Crippen LogP contribution in [-0.4, -0.2) is 44.4 Å². The average molecular weight is 573 g/mol. The fourth-order valence-corrected chi connectivity index (χ4v) is 7.12. The molecule has 3 aliphatic rings. The number of rotatable bonds is 0. The molecular weight excluding hydrogens is 536 g/mol. The number of anilines is 1. The Morgan fingerprint density at radius 3 is 2.77 bits per heavy atom. The van der Waals surface area contributed by atoms with Gasteiger partial charge in [-0.2, -0.15) is 0 Å². The number of carbonyl (C=O) groups is 1. The molecule has 0 radical (unpaired) electrons. The zero-order chi connectivity index (χ0) is 27.6. The van der Waals surface area contributed by atoms with Gasteiger partial charge in [0.25, 0.3) is 5.91 Å². The van der Waals surface area contributed by atoms with Crippen LogP contribution in [0, 0.1) is 11.3 Å². The summed E-state index contributed by atoms with van der Waals surface area (Å²) in [5, 5.41) is 11.8. The van der Waals surface area contributed by atoms with Crippen molar-refractivity contribution in [1.29, 1.82) is 0 Å². The van der Waals surface area contributed by atoms with Gasteiger partial charge in [0, 0.05) is 23.7 Å². The van der Waals surface area contributed by atoms with Crippen LogP contribution in [0.15, 0.2) is 48.6 Å². The lowest BCUT2D eigenvalue weighted by Crippen LogP contribution is -2.51. The van der Waals surface area contributed by atoms with Gasteiger partial charge < -0.3 is 14.7 Å². The van der Waals surface area contributed by atoms with E-state index in [1.54, 1.807) is 24.3 Å². The van der Waals surface area contributed by atoms with Gasteiger partial charge in [0.15, 0.2) is 0 Å². The van der Waals surface area contributed by atoms with Crippen LogP contribution in [0.3, 0.4) is 0 Å². The predicted octanol–water partition coefficient (Wildman–Crippen LogP) is 5.25. The third-order valence-electron chi connectivity index (χ3n) is 8.73. The van der Waals surface area contributed by atoms with Gasteiger partial charge in [-0.25, -0.2) is 13.1 Å². The number of allylic oxidation sites excluding steroid dienone is 1. The van der Waals surface area contributed by atoms with Crippen LogP contribution < -0.4 is 14.4 Å². The molecule has 3 atom stereocenters. The summed E-state index contributed by atoms with van der Waals surface area (Å²) in [6.45, 7) is 3.98. The van der Waals surface area contributed by atoms with Crippen molar-refractivity contribution in [1.82, 2.24) is 4.72 Å². The number of amides is 1. The van der Waals surface area contributed by atoms with Crippen LogP contribution in [0.4, 0.5) is 5.69 Å². The molecule has 0 spiro atoms. The SMILES string of the molecule is C[C@]12CC[C@@H]1CN1CCCCc3cc(Cl)ccc3COc3ccc(cc31)C(=O)NS(=O)(=O)CC/C=C\C[C@@H]2O. The standard InChI is InChI=1S/C30H37ClN2O5S/c1-30-14-13-24(30)19-33-15-5-4-7-21-17-25(31)11-9-23(21)20-38-27-12-10-22(18-26(27)33)29(35)32-39(36,37)16-6-2-3-8-28(30)34/h2-3,9-12,17-18,24,28,34H,4-8,13-16,19-20H2,1H3,(H,32,35)/b3-2-/t24-,28+,30+/m1/s1. The lowest BCUT2D eigenvalue weighted by Gasteiger charge is -2.52. The first-order valence-electron chi connectivity index (χ1n) is 13.8. The fourth-order valence-electron chi connectivity index (χ4n) is 5.97. The molecule has 1 aliphatic carbocycles. The van der Waals surface area contributed by atoms with Gasteiger partial charge in [0.05, 0.1) is 17.5 Å². The summed E-state index contributed by atoms with van der Waals surface area (Å²) in [6, 6.07) is 11.0. The summed E-state index contributed by atoms with van der Waals surface area (Å²) in [7, 11) is -3.81. The second kappa shape index (κ2) is 11.5. The molecule has 1 saturated carbocycles. The molecule has 1 amide bonds. The molecule has 210 valence electrons. The number of fused-ring (bicyclic) bond motifs is 3. The number of aliphatic hydroxyl groups excluding tert-OH is 1. The Kier molecular flexibility index (Phi) is 8.26. The lowest BCUT2D eigenvalue weighted by molar-refractivity contribution is -0.0694. The number of aliphatic hydroxyl groups is 1. The molecule has 0 unspecified atom stereocenters. The number of hydrogen-bond acceptors (Lipinski definition) is 6. The molecule has 2 bridgehead atoms. The number of nitrogens with zero attached hydrogens (tertiary/aromatic N) is 1. The van der Waals surface area contributed by atoms with Gasteiger partial charge in [0.2, 0.25) is 10.0 Å². The Hall–Kier alpha value is -2.55. The minimum atomic E-state index is -3.81. The first kappa shape index (κ1) is 28.0. The molecule has 2 N–H and O–H groups in total. The molecule has 5 rings (SSSR count). The van der Waals surface area contributed by atoms with Crippen LogP contribution in [0.5, 0.6) is 5.75 Å². The Morgan fingerprint density at radius 2 is 1.97 bits per heavy atom. The molecule has 7 nitrogen and oxygen atoms in total. The van der Waals surface area contributed by atoms with E-state index in [1.807, 2.05) is 24.3 Å². The highest BCUT2D eigenvalue weighted by Gasteiger charge is 2.48. The lowest BCUT2D eigenvalue weighted by atomic mass is 9.57. The smallest absolute Gasteiger partial charge is 0.264 e. The van der Waals surface area contributed by atoms with Crippen molar-refractivity contribution in [2.24, 2.45) is 11.3 Å². The Balaban J connectivity index is 1.54. The van der Waals surface area contributed by atoms with E-state index in [1.165, 1.54) is 5.56 Å². The van der Waals surface area contributed by atoms with Crippen LogP contribution in [0.1, 0.15) is 66.9 Å². The summed E-state index contributed by atoms with van der Waals surface area (Å²) in [6.07, 6.45) is 8.61. The van der Waals surface area contributed by atoms with Gasteiger partial charge in [0.1, 0.15) is 12.4 Å². The number of nitrogens with one attached hydrogen (secondary N) is 1. The number of benzene rings is 2. The Bertz CT molecular complexity index is 1360. The van der Waals surface area contributed by atoms with Crippen molar-refractivity contribution in [2.45, 2.75) is 64.6 Å². The molecule has 2 aromatic rings. The number of ether oxygens (including phenoxy) is 1. The highest BCUT2D eigenvalue weighted by atomic mass is 35.5. The van der Waals surface area contributed by atoms with E-state index < -0.39 is 22.0 Å². The summed E-state index contributed by atoms with van der Waals surface area (Å²) >= 11 is 6.29. The van der Waals surface area contributed by atoms with E-state index in [2.05, 4.69) is 16.5 Å². The van der Waals surface area contributed by atoms with E-state index in [0.717, 1.165) is 56.4 Å². The molecule has 2 aromatic carbocycles. The van der Waals surface area contributed by atoms with Crippen molar-refractivity contribution in [3.05, 3.63) is 70.3 Å². The van der Waals surface area contributed by atoms with Crippen molar-refractivity contribution in [2.75, 3.05) is 23.7 Å². The summed E-state index contributed by atoms with van der Waals surface area (Å²) in [5.41, 5.74) is 3.05. The zero-order valence-corrected chi connectivity index (χ0v) is 23.9. The first-order chi connectivity index (χ1) is 18.6. The Morgan fingerprint density at radius 1 is 1.13 bits per heavy atom. The molecule has 2 heterocycles. The monoisotopic (exact) mass is 572 g/mol. The van der Waals surface area contributed by atoms with E-state index in [9.17, 15) is 18.3 Å². The van der Waals surface area contributed by atoms with Gasteiger partial charge >= 0.3 is 0 Å². The maximum absolute atomic E-state index is 13.0. The summed E-state index contributed by atoms with van der Waals surface area (Å²) in [5.74, 6) is 0.0740. The van der Waals surface area contributed by atoms with Crippen LogP contribution in [0.25, 0.3) is 0 Å². The van der Waals surface area contributed by atoms with Crippen LogP contribution >= 0.6 is 11.6 Å². The van der Waals surface area contributed by atoms with Crippen molar-refractivity contribution < 1.29 is 23.1 Å². The maximum atomic E-state index is 13.0. The highest BCUT2D eigenvalue weighted by molar-refractivity contribution is 7.90. The number of halogens is 1. The third-order valence-corrected chi connectivity index (χ3v) is 10.2. The average Bonchev–Trinajstić information content (AvgIpc) is 2.92. The number of carbonyl (C=O) groups excluding carboxylic acids is 1. The molecular formula is C30H37ClN2O5S.